The molecule has 1 aromatic carbocycles. The quantitative estimate of drug-likeness (QED) is 0.292. The van der Waals surface area contributed by atoms with E-state index < -0.39 is 0 Å². The summed E-state index contributed by atoms with van der Waals surface area (Å²) in [6, 6.07) is 16.8. The van der Waals surface area contributed by atoms with E-state index in [4.69, 9.17) is 4.42 Å². The minimum Gasteiger partial charge on any atom is -0.467 e. The normalized spacial score (nSPS) is 11.5. The molecule has 0 unspecified atom stereocenters. The number of benzene rings is 1. The van der Waals surface area contributed by atoms with Crippen molar-refractivity contribution in [3.05, 3.63) is 89.8 Å². The molecule has 1 amide bonds. The molecule has 0 saturated carbocycles. The number of hydrogen-bond acceptors (Lipinski definition) is 5. The second-order valence-corrected chi connectivity index (χ2v) is 7.06. The highest BCUT2D eigenvalue weighted by Gasteiger charge is 2.08. The Hall–Kier alpha value is -4.14. The van der Waals surface area contributed by atoms with Gasteiger partial charge in [0, 0.05) is 18.3 Å². The number of guanidine groups is 1. The Morgan fingerprint density at radius 3 is 2.81 bits per heavy atom. The van der Waals surface area contributed by atoms with Crippen LogP contribution >= 0.6 is 0 Å². The van der Waals surface area contributed by atoms with Gasteiger partial charge in [0.2, 0.25) is 0 Å². The standard InChI is InChI=1S/C23H25N7O2/c1-2-24-23(27-16-21-29-28-20-10-3-4-11-30(20)21)26-14-17-7-5-8-18(13-17)22(31)25-15-19-9-6-12-32-19/h3-13H,2,14-16H2,1H3,(H,25,31)(H2,24,26,27). The predicted molar refractivity (Wildman–Crippen MR) is 121 cm³/mol. The van der Waals surface area contributed by atoms with Gasteiger partial charge in [0.25, 0.3) is 5.91 Å². The molecule has 0 atom stereocenters. The first-order valence-corrected chi connectivity index (χ1v) is 10.4. The number of nitrogens with zero attached hydrogens (tertiary/aromatic N) is 4. The Morgan fingerprint density at radius 2 is 1.97 bits per heavy atom. The maximum Gasteiger partial charge on any atom is 0.251 e. The molecule has 9 nitrogen and oxygen atoms in total. The fourth-order valence-electron chi connectivity index (χ4n) is 3.18. The van der Waals surface area contributed by atoms with E-state index in [-0.39, 0.29) is 5.91 Å². The lowest BCUT2D eigenvalue weighted by Crippen LogP contribution is -2.37. The van der Waals surface area contributed by atoms with Crippen molar-refractivity contribution in [3.63, 3.8) is 0 Å². The molecule has 0 spiro atoms. The van der Waals surface area contributed by atoms with Crippen molar-refractivity contribution >= 4 is 17.5 Å². The molecule has 0 saturated heterocycles. The van der Waals surface area contributed by atoms with Crippen LogP contribution in [0.1, 0.15) is 34.4 Å². The van der Waals surface area contributed by atoms with Gasteiger partial charge < -0.3 is 20.4 Å². The van der Waals surface area contributed by atoms with Crippen LogP contribution in [0.4, 0.5) is 0 Å². The molecule has 0 aliphatic heterocycles. The van der Waals surface area contributed by atoms with E-state index in [0.717, 1.165) is 23.6 Å². The monoisotopic (exact) mass is 431 g/mol. The molecule has 0 fully saturated rings. The largest absolute Gasteiger partial charge is 0.467 e. The molecule has 164 valence electrons. The van der Waals surface area contributed by atoms with Crippen molar-refractivity contribution in [1.29, 1.82) is 0 Å². The van der Waals surface area contributed by atoms with Gasteiger partial charge in [-0.1, -0.05) is 18.2 Å². The summed E-state index contributed by atoms with van der Waals surface area (Å²) in [7, 11) is 0. The molecular formula is C23H25N7O2. The summed E-state index contributed by atoms with van der Waals surface area (Å²) >= 11 is 0. The summed E-state index contributed by atoms with van der Waals surface area (Å²) in [5.74, 6) is 2.01. The summed E-state index contributed by atoms with van der Waals surface area (Å²) in [5.41, 5.74) is 2.31. The summed E-state index contributed by atoms with van der Waals surface area (Å²) < 4.78 is 7.18. The van der Waals surface area contributed by atoms with E-state index in [2.05, 4.69) is 31.1 Å². The van der Waals surface area contributed by atoms with Gasteiger partial charge in [-0.25, -0.2) is 4.99 Å². The van der Waals surface area contributed by atoms with Crippen LogP contribution in [0.5, 0.6) is 0 Å². The molecule has 3 aromatic heterocycles. The number of fused-ring (bicyclic) bond motifs is 1. The van der Waals surface area contributed by atoms with Crippen LogP contribution in [0, 0.1) is 0 Å². The van der Waals surface area contributed by atoms with E-state index in [1.165, 1.54) is 0 Å². The van der Waals surface area contributed by atoms with Gasteiger partial charge in [-0.15, -0.1) is 10.2 Å². The minimum atomic E-state index is -0.157. The molecule has 4 rings (SSSR count). The molecule has 4 aromatic rings. The molecule has 0 radical (unpaired) electrons. The van der Waals surface area contributed by atoms with Gasteiger partial charge in [-0.3, -0.25) is 9.20 Å². The number of amides is 1. The number of hydrogen-bond donors (Lipinski definition) is 3. The Bertz CT molecular complexity index is 1200. The maximum absolute atomic E-state index is 12.4. The number of aliphatic imine (C=N–C) groups is 1. The van der Waals surface area contributed by atoms with Crippen LogP contribution < -0.4 is 16.0 Å². The van der Waals surface area contributed by atoms with Crippen LogP contribution in [-0.2, 0) is 19.6 Å². The zero-order valence-electron chi connectivity index (χ0n) is 17.8. The average molecular weight is 432 g/mol. The number of aromatic nitrogens is 3. The molecule has 32 heavy (non-hydrogen) atoms. The van der Waals surface area contributed by atoms with Crippen molar-refractivity contribution in [2.75, 3.05) is 6.54 Å². The zero-order chi connectivity index (χ0) is 22.2. The lowest BCUT2D eigenvalue weighted by molar-refractivity contribution is 0.0948. The lowest BCUT2D eigenvalue weighted by Gasteiger charge is -2.11. The van der Waals surface area contributed by atoms with Crippen molar-refractivity contribution in [2.45, 2.75) is 26.6 Å². The second kappa shape index (κ2) is 10.3. The number of carbonyl (C=O) groups is 1. The highest BCUT2D eigenvalue weighted by Crippen LogP contribution is 2.08. The summed E-state index contributed by atoms with van der Waals surface area (Å²) in [5, 5.41) is 17.8. The van der Waals surface area contributed by atoms with E-state index >= 15 is 0 Å². The van der Waals surface area contributed by atoms with Crippen LogP contribution in [0.25, 0.3) is 5.65 Å². The summed E-state index contributed by atoms with van der Waals surface area (Å²) in [4.78, 5) is 17.1. The molecule has 0 aliphatic carbocycles. The second-order valence-electron chi connectivity index (χ2n) is 7.06. The van der Waals surface area contributed by atoms with Crippen molar-refractivity contribution in [1.82, 2.24) is 30.5 Å². The third-order valence-electron chi connectivity index (χ3n) is 4.75. The number of furan rings is 1. The molecule has 0 aliphatic rings. The Morgan fingerprint density at radius 1 is 1.03 bits per heavy atom. The fraction of sp³-hybridized carbons (Fsp3) is 0.217. The van der Waals surface area contributed by atoms with E-state index in [1.807, 2.05) is 60.0 Å². The highest BCUT2D eigenvalue weighted by atomic mass is 16.3. The number of nitrogens with one attached hydrogen (secondary N) is 3. The minimum absolute atomic E-state index is 0.157. The first-order valence-electron chi connectivity index (χ1n) is 10.4. The van der Waals surface area contributed by atoms with Gasteiger partial charge in [0.1, 0.15) is 5.76 Å². The average Bonchev–Trinajstić information content (AvgIpc) is 3.49. The molecule has 3 N–H and O–H groups in total. The summed E-state index contributed by atoms with van der Waals surface area (Å²) in [6.45, 7) is 3.98. The molecule has 3 heterocycles. The van der Waals surface area contributed by atoms with Gasteiger partial charge >= 0.3 is 0 Å². The third kappa shape index (κ3) is 5.31. The Kier molecular flexibility index (Phi) is 6.76. The van der Waals surface area contributed by atoms with Gasteiger partial charge in [0.15, 0.2) is 17.4 Å². The number of pyridine rings is 1. The van der Waals surface area contributed by atoms with Gasteiger partial charge in [0.05, 0.1) is 25.9 Å². The van der Waals surface area contributed by atoms with Gasteiger partial charge in [-0.2, -0.15) is 0 Å². The number of rotatable bonds is 8. The van der Waals surface area contributed by atoms with Crippen LogP contribution in [0.3, 0.4) is 0 Å². The Balaban J connectivity index is 1.38. The first kappa shape index (κ1) is 21.1. The van der Waals surface area contributed by atoms with Crippen LogP contribution in [0.15, 0.2) is 76.5 Å². The lowest BCUT2D eigenvalue weighted by atomic mass is 10.1. The topological polar surface area (TPSA) is 109 Å². The zero-order valence-corrected chi connectivity index (χ0v) is 17.8. The fourth-order valence-corrected chi connectivity index (χ4v) is 3.18. The third-order valence-corrected chi connectivity index (χ3v) is 4.75. The summed E-state index contributed by atoms with van der Waals surface area (Å²) in [6.07, 6.45) is 3.51. The molecule has 0 bridgehead atoms. The molecule has 9 heteroatoms. The first-order chi connectivity index (χ1) is 15.7. The highest BCUT2D eigenvalue weighted by molar-refractivity contribution is 5.94. The predicted octanol–water partition coefficient (Wildman–Crippen LogP) is 2.51. The SMILES string of the molecule is CCNC(=NCc1cccc(C(=O)NCc2ccco2)c1)NCc1nnc2ccccn12. The van der Waals surface area contributed by atoms with Crippen LogP contribution in [-0.4, -0.2) is 33.0 Å². The Labute approximate surface area is 185 Å². The van der Waals surface area contributed by atoms with Crippen molar-refractivity contribution in [2.24, 2.45) is 4.99 Å². The smallest absolute Gasteiger partial charge is 0.251 e. The van der Waals surface area contributed by atoms with E-state index in [9.17, 15) is 4.79 Å². The van der Waals surface area contributed by atoms with Gasteiger partial charge in [-0.05, 0) is 48.9 Å². The van der Waals surface area contributed by atoms with E-state index in [0.29, 0.717) is 36.9 Å². The molecular weight excluding hydrogens is 406 g/mol. The van der Waals surface area contributed by atoms with Crippen molar-refractivity contribution in [3.8, 4) is 0 Å². The van der Waals surface area contributed by atoms with E-state index in [1.54, 1.807) is 18.4 Å². The van der Waals surface area contributed by atoms with Crippen LogP contribution in [0.2, 0.25) is 0 Å². The number of carbonyl (C=O) groups excluding carboxylic acids is 1. The van der Waals surface area contributed by atoms with Crippen molar-refractivity contribution < 1.29 is 9.21 Å². The maximum atomic E-state index is 12.4.